The molecule has 0 fully saturated rings. The molecule has 0 bridgehead atoms. The van der Waals surface area contributed by atoms with Crippen LogP contribution < -0.4 is 0 Å². The molecule has 0 saturated heterocycles. The molecule has 116 valence electrons. The minimum absolute atomic E-state index is 0.147. The monoisotopic (exact) mass is 313 g/mol. The zero-order valence-electron chi connectivity index (χ0n) is 12.3. The third-order valence-electron chi connectivity index (χ3n) is 3.70. The Morgan fingerprint density at radius 1 is 0.957 bits per heavy atom. The first-order valence-electron chi connectivity index (χ1n) is 6.95. The van der Waals surface area contributed by atoms with Crippen molar-refractivity contribution in [3.8, 4) is 16.9 Å². The van der Waals surface area contributed by atoms with Crippen molar-refractivity contribution in [2.45, 2.75) is 6.92 Å². The van der Waals surface area contributed by atoms with E-state index in [9.17, 15) is 18.7 Å². The molecular weight excluding hydrogens is 300 g/mol. The number of carboxylic acid groups (broad SMARTS) is 1. The summed E-state index contributed by atoms with van der Waals surface area (Å²) >= 11 is 0. The Hall–Kier alpha value is -2.95. The summed E-state index contributed by atoms with van der Waals surface area (Å²) < 4.78 is 28.0. The third kappa shape index (κ3) is 2.73. The summed E-state index contributed by atoms with van der Waals surface area (Å²) in [6.07, 6.45) is 0. The summed E-state index contributed by atoms with van der Waals surface area (Å²) in [5.74, 6) is -1.80. The standard InChI is InChI=1S/C18H13F2NO2/c1-11-16(18(22)23)10-17(12-2-4-13(19)5-3-12)21(11)15-8-6-14(20)7-9-15/h2-10H,1H3,(H,22,23). The summed E-state index contributed by atoms with van der Waals surface area (Å²) in [6, 6.07) is 13.1. The van der Waals surface area contributed by atoms with Crippen LogP contribution in [0, 0.1) is 18.6 Å². The molecule has 0 atom stereocenters. The quantitative estimate of drug-likeness (QED) is 0.777. The van der Waals surface area contributed by atoms with E-state index in [0.29, 0.717) is 22.6 Å². The van der Waals surface area contributed by atoms with Crippen molar-refractivity contribution < 1.29 is 18.7 Å². The lowest BCUT2D eigenvalue weighted by Gasteiger charge is -2.12. The van der Waals surface area contributed by atoms with Gasteiger partial charge in [-0.05, 0) is 67.1 Å². The second-order valence-electron chi connectivity index (χ2n) is 5.15. The van der Waals surface area contributed by atoms with Crippen molar-refractivity contribution >= 4 is 5.97 Å². The molecule has 0 amide bonds. The highest BCUT2D eigenvalue weighted by molar-refractivity contribution is 5.91. The molecule has 0 aliphatic carbocycles. The van der Waals surface area contributed by atoms with Gasteiger partial charge < -0.3 is 9.67 Å². The number of hydrogen-bond acceptors (Lipinski definition) is 1. The van der Waals surface area contributed by atoms with Crippen LogP contribution in [0.1, 0.15) is 16.1 Å². The van der Waals surface area contributed by atoms with Crippen LogP contribution in [-0.2, 0) is 0 Å². The van der Waals surface area contributed by atoms with Crippen molar-refractivity contribution in [1.82, 2.24) is 4.57 Å². The maximum atomic E-state index is 13.2. The summed E-state index contributed by atoms with van der Waals surface area (Å²) in [6.45, 7) is 1.68. The second-order valence-corrected chi connectivity index (χ2v) is 5.15. The predicted octanol–water partition coefficient (Wildman–Crippen LogP) is 4.43. The van der Waals surface area contributed by atoms with Gasteiger partial charge in [-0.25, -0.2) is 13.6 Å². The average Bonchev–Trinajstić information content (AvgIpc) is 2.87. The second kappa shape index (κ2) is 5.68. The van der Waals surface area contributed by atoms with E-state index in [1.807, 2.05) is 0 Å². The Kier molecular flexibility index (Phi) is 3.70. The van der Waals surface area contributed by atoms with E-state index in [4.69, 9.17) is 0 Å². The van der Waals surface area contributed by atoms with Gasteiger partial charge in [0.2, 0.25) is 0 Å². The van der Waals surface area contributed by atoms with Gasteiger partial charge in [0.15, 0.2) is 0 Å². The van der Waals surface area contributed by atoms with Crippen LogP contribution in [0.3, 0.4) is 0 Å². The van der Waals surface area contributed by atoms with E-state index < -0.39 is 5.97 Å². The molecule has 1 aromatic heterocycles. The molecule has 0 radical (unpaired) electrons. The van der Waals surface area contributed by atoms with Gasteiger partial charge in [0.05, 0.1) is 11.3 Å². The first kappa shape index (κ1) is 15.0. The van der Waals surface area contributed by atoms with Gasteiger partial charge in [-0.15, -0.1) is 0 Å². The highest BCUT2D eigenvalue weighted by Gasteiger charge is 2.19. The summed E-state index contributed by atoms with van der Waals surface area (Å²) in [4.78, 5) is 11.4. The Morgan fingerprint density at radius 2 is 1.48 bits per heavy atom. The molecule has 2 aromatic carbocycles. The van der Waals surface area contributed by atoms with Crippen LogP contribution >= 0.6 is 0 Å². The molecule has 1 heterocycles. The molecular formula is C18H13F2NO2. The third-order valence-corrected chi connectivity index (χ3v) is 3.70. The van der Waals surface area contributed by atoms with Gasteiger partial charge in [0.1, 0.15) is 11.6 Å². The highest BCUT2D eigenvalue weighted by atomic mass is 19.1. The van der Waals surface area contributed by atoms with E-state index in [1.54, 1.807) is 35.8 Å². The fraction of sp³-hybridized carbons (Fsp3) is 0.0556. The van der Waals surface area contributed by atoms with Gasteiger partial charge in [-0.3, -0.25) is 0 Å². The summed E-state index contributed by atoms with van der Waals surface area (Å²) in [5, 5.41) is 9.35. The molecule has 3 rings (SSSR count). The highest BCUT2D eigenvalue weighted by Crippen LogP contribution is 2.29. The molecule has 0 unspecified atom stereocenters. The largest absolute Gasteiger partial charge is 0.478 e. The van der Waals surface area contributed by atoms with Gasteiger partial charge in [0, 0.05) is 11.4 Å². The van der Waals surface area contributed by atoms with Crippen molar-refractivity contribution in [2.24, 2.45) is 0 Å². The molecule has 1 N–H and O–H groups in total. The average molecular weight is 313 g/mol. The number of hydrogen-bond donors (Lipinski definition) is 1. The predicted molar refractivity (Wildman–Crippen MR) is 82.8 cm³/mol. The van der Waals surface area contributed by atoms with Crippen molar-refractivity contribution in [3.05, 3.63) is 77.5 Å². The van der Waals surface area contributed by atoms with E-state index in [2.05, 4.69) is 0 Å². The molecule has 0 aliphatic heterocycles. The number of rotatable bonds is 3. The lowest BCUT2D eigenvalue weighted by molar-refractivity contribution is 0.0696. The molecule has 0 saturated carbocycles. The maximum absolute atomic E-state index is 13.2. The maximum Gasteiger partial charge on any atom is 0.337 e. The van der Waals surface area contributed by atoms with Crippen LogP contribution in [0.4, 0.5) is 8.78 Å². The van der Waals surface area contributed by atoms with E-state index >= 15 is 0 Å². The van der Waals surface area contributed by atoms with Gasteiger partial charge in [0.25, 0.3) is 0 Å². The van der Waals surface area contributed by atoms with Crippen LogP contribution in [0.2, 0.25) is 0 Å². The lowest BCUT2D eigenvalue weighted by Crippen LogP contribution is -2.02. The van der Waals surface area contributed by atoms with Gasteiger partial charge >= 0.3 is 5.97 Å². The minimum Gasteiger partial charge on any atom is -0.478 e. The topological polar surface area (TPSA) is 42.2 Å². The number of aromatic nitrogens is 1. The van der Waals surface area contributed by atoms with Crippen LogP contribution in [0.5, 0.6) is 0 Å². The molecule has 5 heteroatoms. The molecule has 0 aliphatic rings. The van der Waals surface area contributed by atoms with Crippen molar-refractivity contribution in [1.29, 1.82) is 0 Å². The SMILES string of the molecule is Cc1c(C(=O)O)cc(-c2ccc(F)cc2)n1-c1ccc(F)cc1. The van der Waals surface area contributed by atoms with Crippen molar-refractivity contribution in [3.63, 3.8) is 0 Å². The smallest absolute Gasteiger partial charge is 0.337 e. The molecule has 23 heavy (non-hydrogen) atoms. The van der Waals surface area contributed by atoms with Crippen molar-refractivity contribution in [2.75, 3.05) is 0 Å². The molecule has 0 spiro atoms. The summed E-state index contributed by atoms with van der Waals surface area (Å²) in [7, 11) is 0. The minimum atomic E-state index is -1.05. The van der Waals surface area contributed by atoms with Crippen LogP contribution in [0.25, 0.3) is 16.9 Å². The van der Waals surface area contributed by atoms with Crippen LogP contribution in [0.15, 0.2) is 54.6 Å². The number of benzene rings is 2. The van der Waals surface area contributed by atoms with Crippen LogP contribution in [-0.4, -0.2) is 15.6 Å². The number of carbonyl (C=O) groups is 1. The Labute approximate surface area is 131 Å². The number of halogens is 2. The number of nitrogens with zero attached hydrogens (tertiary/aromatic N) is 1. The fourth-order valence-electron chi connectivity index (χ4n) is 2.58. The fourth-order valence-corrected chi connectivity index (χ4v) is 2.58. The Bertz CT molecular complexity index is 865. The van der Waals surface area contributed by atoms with E-state index in [1.165, 1.54) is 30.3 Å². The first-order chi connectivity index (χ1) is 11.0. The number of carboxylic acids is 1. The lowest BCUT2D eigenvalue weighted by atomic mass is 10.1. The summed E-state index contributed by atoms with van der Waals surface area (Å²) in [5.41, 5.74) is 2.57. The van der Waals surface area contributed by atoms with Gasteiger partial charge in [-0.1, -0.05) is 0 Å². The number of aromatic carboxylic acids is 1. The Balaban J connectivity index is 2.25. The normalized spacial score (nSPS) is 10.7. The first-order valence-corrected chi connectivity index (χ1v) is 6.95. The molecule has 3 aromatic rings. The zero-order valence-corrected chi connectivity index (χ0v) is 12.3. The Morgan fingerprint density at radius 3 is 2.00 bits per heavy atom. The van der Waals surface area contributed by atoms with Gasteiger partial charge in [-0.2, -0.15) is 0 Å². The molecule has 3 nitrogen and oxygen atoms in total. The van der Waals surface area contributed by atoms with E-state index in [0.717, 1.165) is 0 Å². The zero-order chi connectivity index (χ0) is 16.6. The van der Waals surface area contributed by atoms with E-state index in [-0.39, 0.29) is 17.2 Å².